The van der Waals surface area contributed by atoms with Crippen molar-refractivity contribution in [3.8, 4) is 0 Å². The Hall–Kier alpha value is -0.610. The van der Waals surface area contributed by atoms with Crippen molar-refractivity contribution in [3.05, 3.63) is 0 Å². The van der Waals surface area contributed by atoms with Crippen molar-refractivity contribution >= 4 is 5.91 Å². The first kappa shape index (κ1) is 17.4. The van der Waals surface area contributed by atoms with E-state index in [2.05, 4.69) is 37.5 Å². The van der Waals surface area contributed by atoms with Gasteiger partial charge in [0.05, 0.1) is 5.41 Å². The zero-order valence-corrected chi connectivity index (χ0v) is 13.8. The van der Waals surface area contributed by atoms with Gasteiger partial charge in [-0.1, -0.05) is 33.6 Å². The van der Waals surface area contributed by atoms with Gasteiger partial charge in [0.1, 0.15) is 0 Å². The molecule has 0 spiro atoms. The number of hydrogen-bond acceptors (Lipinski definition) is 3. The predicted octanol–water partition coefficient (Wildman–Crippen LogP) is 2.08. The molecule has 0 aromatic heterocycles. The molecule has 0 saturated carbocycles. The van der Waals surface area contributed by atoms with Crippen LogP contribution in [0.4, 0.5) is 0 Å². The summed E-state index contributed by atoms with van der Waals surface area (Å²) < 4.78 is 0. The van der Waals surface area contributed by atoms with Crippen LogP contribution >= 0.6 is 0 Å². The molecule has 118 valence electrons. The summed E-state index contributed by atoms with van der Waals surface area (Å²) in [7, 11) is 0. The number of nitrogens with two attached hydrogens (primary N) is 1. The number of likely N-dealkylation sites (N-methyl/N-ethyl adjacent to an activating group) is 1. The maximum Gasteiger partial charge on any atom is 0.230 e. The van der Waals surface area contributed by atoms with Crippen LogP contribution in [0.1, 0.15) is 53.4 Å². The first-order valence-electron chi connectivity index (χ1n) is 8.28. The lowest BCUT2D eigenvalue weighted by molar-refractivity contribution is -0.145. The maximum atomic E-state index is 13.0. The number of nitrogens with zero attached hydrogens (tertiary/aromatic N) is 2. The van der Waals surface area contributed by atoms with Crippen molar-refractivity contribution in [2.75, 3.05) is 32.7 Å². The summed E-state index contributed by atoms with van der Waals surface area (Å²) in [5, 5.41) is 0. The maximum absolute atomic E-state index is 13.0. The van der Waals surface area contributed by atoms with Crippen molar-refractivity contribution in [1.29, 1.82) is 0 Å². The molecule has 4 heteroatoms. The summed E-state index contributed by atoms with van der Waals surface area (Å²) in [5.74, 6) is 0.298. The van der Waals surface area contributed by atoms with E-state index >= 15 is 0 Å². The van der Waals surface area contributed by atoms with Gasteiger partial charge in [-0.05, 0) is 26.3 Å². The Morgan fingerprint density at radius 1 is 1.20 bits per heavy atom. The van der Waals surface area contributed by atoms with Crippen molar-refractivity contribution in [2.24, 2.45) is 11.1 Å². The summed E-state index contributed by atoms with van der Waals surface area (Å²) in [6.45, 7) is 12.9. The van der Waals surface area contributed by atoms with Crippen LogP contribution in [0.3, 0.4) is 0 Å². The quantitative estimate of drug-likeness (QED) is 0.778. The third-order valence-electron chi connectivity index (χ3n) is 4.76. The molecule has 20 heavy (non-hydrogen) atoms. The molecule has 1 unspecified atom stereocenters. The average molecular weight is 283 g/mol. The van der Waals surface area contributed by atoms with E-state index in [1.807, 2.05) is 0 Å². The van der Waals surface area contributed by atoms with Crippen molar-refractivity contribution in [2.45, 2.75) is 59.4 Å². The van der Waals surface area contributed by atoms with Gasteiger partial charge in [0.15, 0.2) is 0 Å². The van der Waals surface area contributed by atoms with E-state index in [4.69, 9.17) is 5.73 Å². The topological polar surface area (TPSA) is 49.6 Å². The molecule has 1 aliphatic heterocycles. The number of rotatable bonds is 7. The average Bonchev–Trinajstić information content (AvgIpc) is 2.46. The molecule has 1 saturated heterocycles. The number of carbonyl (C=O) groups excluding carboxylic acids is 1. The molecule has 0 bridgehead atoms. The van der Waals surface area contributed by atoms with Gasteiger partial charge in [-0.2, -0.15) is 0 Å². The highest BCUT2D eigenvalue weighted by Crippen LogP contribution is 2.32. The van der Waals surface area contributed by atoms with E-state index in [-0.39, 0.29) is 5.41 Å². The third-order valence-corrected chi connectivity index (χ3v) is 4.76. The zero-order valence-electron chi connectivity index (χ0n) is 13.8. The molecule has 2 N–H and O–H groups in total. The second-order valence-electron chi connectivity index (χ2n) is 6.21. The van der Waals surface area contributed by atoms with Crippen LogP contribution in [0.15, 0.2) is 0 Å². The number of hydrogen-bond donors (Lipinski definition) is 1. The number of piperazine rings is 1. The number of amides is 1. The Kier molecular flexibility index (Phi) is 6.96. The Bertz CT molecular complexity index is 300. The fraction of sp³-hybridized carbons (Fsp3) is 0.938. The highest BCUT2D eigenvalue weighted by atomic mass is 16.2. The Balaban J connectivity index is 2.80. The molecule has 0 aromatic rings. The van der Waals surface area contributed by atoms with E-state index in [1.165, 1.54) is 0 Å². The second-order valence-corrected chi connectivity index (χ2v) is 6.21. The van der Waals surface area contributed by atoms with Gasteiger partial charge in [-0.25, -0.2) is 0 Å². The largest absolute Gasteiger partial charge is 0.339 e. The van der Waals surface area contributed by atoms with Crippen LogP contribution in [-0.4, -0.2) is 54.5 Å². The van der Waals surface area contributed by atoms with E-state index in [0.29, 0.717) is 18.5 Å². The molecule has 1 heterocycles. The van der Waals surface area contributed by atoms with Gasteiger partial charge >= 0.3 is 0 Å². The molecule has 0 radical (unpaired) electrons. The van der Waals surface area contributed by atoms with Crippen molar-refractivity contribution < 1.29 is 4.79 Å². The summed E-state index contributed by atoms with van der Waals surface area (Å²) in [5.41, 5.74) is 5.70. The molecule has 0 aliphatic carbocycles. The van der Waals surface area contributed by atoms with Crippen molar-refractivity contribution in [1.82, 2.24) is 9.80 Å². The van der Waals surface area contributed by atoms with E-state index in [1.54, 1.807) is 0 Å². The molecular weight excluding hydrogens is 250 g/mol. The highest BCUT2D eigenvalue weighted by molar-refractivity contribution is 5.83. The van der Waals surface area contributed by atoms with Gasteiger partial charge in [0.2, 0.25) is 5.91 Å². The summed E-state index contributed by atoms with van der Waals surface area (Å²) >= 11 is 0. The minimum absolute atomic E-state index is 0.298. The van der Waals surface area contributed by atoms with Gasteiger partial charge < -0.3 is 10.6 Å². The molecule has 1 rings (SSSR count). The molecule has 1 amide bonds. The second kappa shape index (κ2) is 7.99. The zero-order chi connectivity index (χ0) is 15.2. The van der Waals surface area contributed by atoms with Gasteiger partial charge in [-0.15, -0.1) is 0 Å². The van der Waals surface area contributed by atoms with E-state index in [0.717, 1.165) is 51.9 Å². The first-order valence-corrected chi connectivity index (χ1v) is 8.28. The van der Waals surface area contributed by atoms with E-state index < -0.39 is 0 Å². The molecule has 1 fully saturated rings. The number of carbonyl (C=O) groups is 1. The summed E-state index contributed by atoms with van der Waals surface area (Å²) in [6.07, 6.45) is 3.87. The standard InChI is InChI=1S/C16H33N3O/c1-5-8-16(13-17,9-6-2)15(20)19-11-10-18(7-3)14(4)12-19/h14H,5-13,17H2,1-4H3. The third kappa shape index (κ3) is 3.73. The van der Waals surface area contributed by atoms with E-state index in [9.17, 15) is 4.79 Å². The van der Waals surface area contributed by atoms with Crippen LogP contribution in [-0.2, 0) is 4.79 Å². The lowest BCUT2D eigenvalue weighted by atomic mass is 9.77. The van der Waals surface area contributed by atoms with Crippen LogP contribution in [0.5, 0.6) is 0 Å². The van der Waals surface area contributed by atoms with Gasteiger partial charge in [0.25, 0.3) is 0 Å². The van der Waals surface area contributed by atoms with Crippen molar-refractivity contribution in [3.63, 3.8) is 0 Å². The monoisotopic (exact) mass is 283 g/mol. The fourth-order valence-electron chi connectivity index (χ4n) is 3.57. The highest BCUT2D eigenvalue weighted by Gasteiger charge is 2.40. The minimum Gasteiger partial charge on any atom is -0.339 e. The van der Waals surface area contributed by atoms with Crippen LogP contribution < -0.4 is 5.73 Å². The van der Waals surface area contributed by atoms with Crippen LogP contribution in [0, 0.1) is 5.41 Å². The minimum atomic E-state index is -0.322. The molecule has 4 nitrogen and oxygen atoms in total. The predicted molar refractivity (Wildman–Crippen MR) is 84.6 cm³/mol. The van der Waals surface area contributed by atoms with Crippen LogP contribution in [0.2, 0.25) is 0 Å². The molecule has 1 aliphatic rings. The molecular formula is C16H33N3O. The summed E-state index contributed by atoms with van der Waals surface area (Å²) in [6, 6.07) is 0.455. The van der Waals surface area contributed by atoms with Gasteiger partial charge in [0, 0.05) is 32.2 Å². The lowest BCUT2D eigenvalue weighted by Gasteiger charge is -2.43. The SMILES string of the molecule is CCCC(CN)(CCC)C(=O)N1CCN(CC)C(C)C1. The first-order chi connectivity index (χ1) is 9.54. The molecule has 1 atom stereocenters. The van der Waals surface area contributed by atoms with Crippen LogP contribution in [0.25, 0.3) is 0 Å². The fourth-order valence-corrected chi connectivity index (χ4v) is 3.57. The van der Waals surface area contributed by atoms with Gasteiger partial charge in [-0.3, -0.25) is 9.69 Å². The normalized spacial score (nSPS) is 21.2. The smallest absolute Gasteiger partial charge is 0.230 e. The Labute approximate surface area is 124 Å². The Morgan fingerprint density at radius 3 is 2.20 bits per heavy atom. The Morgan fingerprint density at radius 2 is 1.80 bits per heavy atom. The summed E-state index contributed by atoms with van der Waals surface area (Å²) in [4.78, 5) is 17.5. The molecule has 0 aromatic carbocycles. The lowest BCUT2D eigenvalue weighted by Crippen LogP contribution is -2.57.